The Hall–Kier alpha value is -2.89. The summed E-state index contributed by atoms with van der Waals surface area (Å²) in [5.41, 5.74) is 0.613. The molecule has 3 rings (SSSR count). The SMILES string of the molecule is CCOCCn1c(=NC(=O)c2cccc([N+](=O)[O-])c2)sc2cc(S(C)(=O)=O)ccc21. The summed E-state index contributed by atoms with van der Waals surface area (Å²) in [5.74, 6) is -0.626. The van der Waals surface area contributed by atoms with Gasteiger partial charge in [0, 0.05) is 37.1 Å². The Bertz CT molecular complexity index is 1290. The van der Waals surface area contributed by atoms with Crippen molar-refractivity contribution in [1.82, 2.24) is 4.57 Å². The molecule has 9 nitrogen and oxygen atoms in total. The summed E-state index contributed by atoms with van der Waals surface area (Å²) in [6, 6.07) is 10.1. The van der Waals surface area contributed by atoms with Crippen LogP contribution in [-0.2, 0) is 21.1 Å². The molecule has 0 bridgehead atoms. The van der Waals surface area contributed by atoms with E-state index >= 15 is 0 Å². The number of sulfone groups is 1. The average Bonchev–Trinajstić information content (AvgIpc) is 3.04. The van der Waals surface area contributed by atoms with Gasteiger partial charge in [-0.05, 0) is 31.2 Å². The largest absolute Gasteiger partial charge is 0.380 e. The molecule has 0 saturated carbocycles. The van der Waals surface area contributed by atoms with Gasteiger partial charge in [-0.3, -0.25) is 14.9 Å². The molecular weight excluding hydrogens is 430 g/mol. The molecule has 30 heavy (non-hydrogen) atoms. The Kier molecular flexibility index (Phi) is 6.44. The number of fused-ring (bicyclic) bond motifs is 1. The van der Waals surface area contributed by atoms with Crippen LogP contribution in [0.2, 0.25) is 0 Å². The van der Waals surface area contributed by atoms with Crippen molar-refractivity contribution in [3.05, 3.63) is 62.9 Å². The molecule has 0 fully saturated rings. The highest BCUT2D eigenvalue weighted by Gasteiger charge is 2.15. The van der Waals surface area contributed by atoms with E-state index in [-0.39, 0.29) is 16.1 Å². The number of hydrogen-bond acceptors (Lipinski definition) is 7. The number of amides is 1. The fraction of sp³-hybridized carbons (Fsp3) is 0.263. The van der Waals surface area contributed by atoms with Crippen LogP contribution in [0.5, 0.6) is 0 Å². The van der Waals surface area contributed by atoms with Crippen LogP contribution in [0.25, 0.3) is 10.2 Å². The zero-order chi connectivity index (χ0) is 21.9. The molecule has 2 aromatic carbocycles. The third-order valence-electron chi connectivity index (χ3n) is 4.25. The summed E-state index contributed by atoms with van der Waals surface area (Å²) in [5, 5.41) is 11.0. The first-order valence-electron chi connectivity index (χ1n) is 8.95. The van der Waals surface area contributed by atoms with Crippen LogP contribution < -0.4 is 4.80 Å². The number of hydrogen-bond donors (Lipinski definition) is 0. The highest BCUT2D eigenvalue weighted by molar-refractivity contribution is 7.90. The van der Waals surface area contributed by atoms with Gasteiger partial charge in [-0.2, -0.15) is 4.99 Å². The lowest BCUT2D eigenvalue weighted by atomic mass is 10.2. The Morgan fingerprint density at radius 1 is 1.27 bits per heavy atom. The smallest absolute Gasteiger partial charge is 0.279 e. The van der Waals surface area contributed by atoms with Crippen molar-refractivity contribution in [3.63, 3.8) is 0 Å². The molecule has 0 aliphatic heterocycles. The van der Waals surface area contributed by atoms with E-state index in [4.69, 9.17) is 4.74 Å². The van der Waals surface area contributed by atoms with E-state index in [9.17, 15) is 23.3 Å². The summed E-state index contributed by atoms with van der Waals surface area (Å²) < 4.78 is 31.6. The quantitative estimate of drug-likeness (QED) is 0.311. The van der Waals surface area contributed by atoms with Crippen LogP contribution in [-0.4, -0.2) is 43.3 Å². The van der Waals surface area contributed by atoms with E-state index in [1.54, 1.807) is 16.7 Å². The van der Waals surface area contributed by atoms with Gasteiger partial charge in [-0.25, -0.2) is 8.42 Å². The minimum atomic E-state index is -3.39. The molecule has 0 atom stereocenters. The van der Waals surface area contributed by atoms with Crippen molar-refractivity contribution >= 4 is 43.0 Å². The van der Waals surface area contributed by atoms with Gasteiger partial charge in [0.1, 0.15) is 0 Å². The van der Waals surface area contributed by atoms with E-state index in [0.717, 1.165) is 11.8 Å². The zero-order valence-electron chi connectivity index (χ0n) is 16.3. The number of carbonyl (C=O) groups excluding carboxylic acids is 1. The Labute approximate surface area is 176 Å². The first-order valence-corrected chi connectivity index (χ1v) is 11.7. The van der Waals surface area contributed by atoms with Gasteiger partial charge in [-0.15, -0.1) is 0 Å². The fourth-order valence-electron chi connectivity index (χ4n) is 2.79. The van der Waals surface area contributed by atoms with Gasteiger partial charge in [-0.1, -0.05) is 17.4 Å². The highest BCUT2D eigenvalue weighted by atomic mass is 32.2. The molecule has 0 radical (unpaired) electrons. The standard InChI is InChI=1S/C19H19N3O6S2/c1-3-28-10-9-21-16-8-7-15(30(2,26)27)12-17(16)29-19(21)20-18(23)13-5-4-6-14(11-13)22(24)25/h4-8,11-12H,3,9-10H2,1-2H3. The topological polar surface area (TPSA) is 121 Å². The van der Waals surface area contributed by atoms with Gasteiger partial charge in [0.2, 0.25) is 0 Å². The minimum Gasteiger partial charge on any atom is -0.380 e. The van der Waals surface area contributed by atoms with E-state index < -0.39 is 20.7 Å². The number of non-ortho nitro benzene ring substituents is 1. The fourth-order valence-corrected chi connectivity index (χ4v) is 4.61. The molecule has 0 aliphatic carbocycles. The Morgan fingerprint density at radius 3 is 2.70 bits per heavy atom. The van der Waals surface area contributed by atoms with Crippen LogP contribution >= 0.6 is 11.3 Å². The maximum absolute atomic E-state index is 12.7. The second kappa shape index (κ2) is 8.86. The average molecular weight is 450 g/mol. The number of benzene rings is 2. The van der Waals surface area contributed by atoms with Gasteiger partial charge in [0.25, 0.3) is 11.6 Å². The van der Waals surface area contributed by atoms with Crippen LogP contribution in [0.4, 0.5) is 5.69 Å². The molecule has 1 heterocycles. The molecule has 1 amide bonds. The summed E-state index contributed by atoms with van der Waals surface area (Å²) in [4.78, 5) is 27.7. The Balaban J connectivity index is 2.12. The molecule has 11 heteroatoms. The van der Waals surface area contributed by atoms with Crippen LogP contribution in [0.3, 0.4) is 0 Å². The van der Waals surface area contributed by atoms with Crippen molar-refractivity contribution in [3.8, 4) is 0 Å². The second-order valence-corrected chi connectivity index (χ2v) is 9.38. The van der Waals surface area contributed by atoms with Crippen LogP contribution in [0.15, 0.2) is 52.4 Å². The number of carbonyl (C=O) groups is 1. The van der Waals surface area contributed by atoms with Crippen molar-refractivity contribution in [2.24, 2.45) is 4.99 Å². The van der Waals surface area contributed by atoms with Crippen LogP contribution in [0.1, 0.15) is 17.3 Å². The molecule has 0 saturated heterocycles. The molecule has 0 spiro atoms. The molecule has 0 N–H and O–H groups in total. The molecule has 0 unspecified atom stereocenters. The van der Waals surface area contributed by atoms with Crippen molar-refractivity contribution in [2.75, 3.05) is 19.5 Å². The van der Waals surface area contributed by atoms with Gasteiger partial charge >= 0.3 is 0 Å². The molecular formula is C19H19N3O6S2. The first-order chi connectivity index (χ1) is 14.2. The van der Waals surface area contributed by atoms with E-state index in [2.05, 4.69) is 4.99 Å². The number of rotatable bonds is 7. The molecule has 3 aromatic rings. The van der Waals surface area contributed by atoms with Crippen molar-refractivity contribution in [2.45, 2.75) is 18.4 Å². The van der Waals surface area contributed by atoms with E-state index in [1.165, 1.54) is 41.7 Å². The second-order valence-electron chi connectivity index (χ2n) is 6.36. The number of nitro benzene ring substituents is 1. The highest BCUT2D eigenvalue weighted by Crippen LogP contribution is 2.22. The number of nitro groups is 1. The third kappa shape index (κ3) is 4.81. The molecule has 1 aromatic heterocycles. The minimum absolute atomic E-state index is 0.0924. The first kappa shape index (κ1) is 21.8. The maximum Gasteiger partial charge on any atom is 0.279 e. The van der Waals surface area contributed by atoms with Gasteiger partial charge in [0.05, 0.1) is 26.6 Å². The summed E-state index contributed by atoms with van der Waals surface area (Å²) in [7, 11) is -3.39. The van der Waals surface area contributed by atoms with Crippen molar-refractivity contribution in [1.29, 1.82) is 0 Å². The lowest BCUT2D eigenvalue weighted by Crippen LogP contribution is -2.19. The number of nitrogens with zero attached hydrogens (tertiary/aromatic N) is 3. The molecule has 158 valence electrons. The lowest BCUT2D eigenvalue weighted by Gasteiger charge is -2.06. The summed E-state index contributed by atoms with van der Waals surface area (Å²) in [6.45, 7) is 3.19. The lowest BCUT2D eigenvalue weighted by molar-refractivity contribution is -0.384. The summed E-state index contributed by atoms with van der Waals surface area (Å²) >= 11 is 1.17. The molecule has 0 aliphatic rings. The maximum atomic E-state index is 12.7. The third-order valence-corrected chi connectivity index (χ3v) is 6.40. The predicted molar refractivity (Wildman–Crippen MR) is 112 cm³/mol. The monoisotopic (exact) mass is 449 g/mol. The van der Waals surface area contributed by atoms with Gasteiger partial charge < -0.3 is 9.30 Å². The number of ether oxygens (including phenoxy) is 1. The van der Waals surface area contributed by atoms with E-state index in [0.29, 0.717) is 29.3 Å². The number of thiazole rings is 1. The van der Waals surface area contributed by atoms with Crippen molar-refractivity contribution < 1.29 is 22.9 Å². The summed E-state index contributed by atoms with van der Waals surface area (Å²) in [6.07, 6.45) is 1.13. The van der Waals surface area contributed by atoms with Crippen LogP contribution in [0, 0.1) is 10.1 Å². The van der Waals surface area contributed by atoms with E-state index in [1.807, 2.05) is 6.92 Å². The zero-order valence-corrected chi connectivity index (χ0v) is 17.9. The Morgan fingerprint density at radius 2 is 2.03 bits per heavy atom. The number of aromatic nitrogens is 1. The normalized spacial score (nSPS) is 12.4. The van der Waals surface area contributed by atoms with Gasteiger partial charge in [0.15, 0.2) is 14.6 Å². The predicted octanol–water partition coefficient (Wildman–Crippen LogP) is 2.79.